The molecule has 0 aliphatic carbocycles. The Morgan fingerprint density at radius 2 is 0.796 bits per heavy atom. The smallest absolute Gasteiger partial charge is 0.164 e. The zero-order valence-corrected chi connectivity index (χ0v) is 29.0. The molecule has 0 atom stereocenters. The van der Waals surface area contributed by atoms with Crippen molar-refractivity contribution in [2.45, 2.75) is 0 Å². The van der Waals surface area contributed by atoms with Crippen LogP contribution in [0.2, 0.25) is 0 Å². The Hall–Kier alpha value is -7.37. The van der Waals surface area contributed by atoms with Crippen molar-refractivity contribution >= 4 is 76.2 Å². The Morgan fingerprint density at radius 3 is 1.50 bits per heavy atom. The van der Waals surface area contributed by atoms with Crippen molar-refractivity contribution in [2.75, 3.05) is 0 Å². The zero-order valence-electron chi connectivity index (χ0n) is 29.0. The Bertz CT molecular complexity index is 3430. The van der Waals surface area contributed by atoms with E-state index >= 15 is 0 Å². The van der Waals surface area contributed by atoms with Crippen molar-refractivity contribution < 1.29 is 0 Å². The van der Waals surface area contributed by atoms with Gasteiger partial charge in [-0.3, -0.25) is 0 Å². The minimum atomic E-state index is 0.643. The Labute approximate surface area is 309 Å². The highest BCUT2D eigenvalue weighted by molar-refractivity contribution is 6.28. The quantitative estimate of drug-likeness (QED) is 0.186. The van der Waals surface area contributed by atoms with E-state index in [9.17, 15) is 0 Å². The maximum Gasteiger partial charge on any atom is 0.164 e. The summed E-state index contributed by atoms with van der Waals surface area (Å²) in [5.41, 5.74) is 9.91. The number of para-hydroxylation sites is 3. The van der Waals surface area contributed by atoms with E-state index < -0.39 is 0 Å². The summed E-state index contributed by atoms with van der Waals surface area (Å²) in [6.07, 6.45) is 0. The molecule has 0 radical (unpaired) electrons. The van der Waals surface area contributed by atoms with Gasteiger partial charge in [-0.25, -0.2) is 15.0 Å². The van der Waals surface area contributed by atoms with Crippen LogP contribution in [0.4, 0.5) is 0 Å². The van der Waals surface area contributed by atoms with Gasteiger partial charge >= 0.3 is 0 Å². The summed E-state index contributed by atoms with van der Waals surface area (Å²) in [5, 5.41) is 9.72. The molecule has 0 aliphatic heterocycles. The first-order chi connectivity index (χ1) is 26.8. The predicted octanol–water partition coefficient (Wildman–Crippen LogP) is 12.3. The van der Waals surface area contributed by atoms with E-state index in [-0.39, 0.29) is 0 Å². The average molecular weight is 688 g/mol. The SMILES string of the molecule is c1ccc(-c2nc(-c3ccccc3)nc(-c3ccc4c(c3)c3cccc5c6ccccc6n6c7ccccc7c7c8ccccc8cc(c76)n4c35)n2)cc1. The fourth-order valence-corrected chi connectivity index (χ4v) is 8.75. The number of hydrogen-bond donors (Lipinski definition) is 0. The van der Waals surface area contributed by atoms with Crippen LogP contribution < -0.4 is 0 Å². The summed E-state index contributed by atoms with van der Waals surface area (Å²) in [7, 11) is 0. The molecule has 12 aromatic rings. The summed E-state index contributed by atoms with van der Waals surface area (Å²) in [6.45, 7) is 0. The van der Waals surface area contributed by atoms with Gasteiger partial charge in [-0.05, 0) is 47.2 Å². The van der Waals surface area contributed by atoms with E-state index in [1.807, 2.05) is 36.4 Å². The van der Waals surface area contributed by atoms with Gasteiger partial charge in [0.25, 0.3) is 0 Å². The molecule has 0 saturated heterocycles. The molecule has 4 heterocycles. The summed E-state index contributed by atoms with van der Waals surface area (Å²) in [4.78, 5) is 15.1. The lowest BCUT2D eigenvalue weighted by Crippen LogP contribution is -2.00. The number of nitrogens with zero attached hydrogens (tertiary/aromatic N) is 5. The molecule has 0 N–H and O–H groups in total. The van der Waals surface area contributed by atoms with Gasteiger partial charge in [0.2, 0.25) is 0 Å². The number of hydrogen-bond acceptors (Lipinski definition) is 3. The second-order valence-electron chi connectivity index (χ2n) is 14.0. The average Bonchev–Trinajstić information content (AvgIpc) is 3.77. The van der Waals surface area contributed by atoms with Crippen LogP contribution in [-0.2, 0) is 0 Å². The molecule has 54 heavy (non-hydrogen) atoms. The Balaban J connectivity index is 1.26. The molecule has 8 aromatic carbocycles. The van der Waals surface area contributed by atoms with Crippen LogP contribution in [0, 0.1) is 0 Å². The highest BCUT2D eigenvalue weighted by atomic mass is 15.0. The largest absolute Gasteiger partial charge is 0.307 e. The van der Waals surface area contributed by atoms with Gasteiger partial charge in [0.05, 0.1) is 33.1 Å². The van der Waals surface area contributed by atoms with Crippen LogP contribution in [0.1, 0.15) is 0 Å². The van der Waals surface area contributed by atoms with Gasteiger partial charge in [0, 0.05) is 49.0 Å². The molecule has 4 aromatic heterocycles. The van der Waals surface area contributed by atoms with E-state index in [4.69, 9.17) is 15.0 Å². The van der Waals surface area contributed by atoms with Gasteiger partial charge in [-0.15, -0.1) is 0 Å². The third-order valence-electron chi connectivity index (χ3n) is 11.1. The molecule has 250 valence electrons. The first-order valence-electron chi connectivity index (χ1n) is 18.3. The monoisotopic (exact) mass is 687 g/mol. The summed E-state index contributed by atoms with van der Waals surface area (Å²) in [5.74, 6) is 1.95. The second-order valence-corrected chi connectivity index (χ2v) is 14.0. The Morgan fingerprint density at radius 1 is 0.296 bits per heavy atom. The first-order valence-corrected chi connectivity index (χ1v) is 18.3. The minimum absolute atomic E-state index is 0.643. The van der Waals surface area contributed by atoms with E-state index in [1.54, 1.807) is 0 Å². The molecular weight excluding hydrogens is 659 g/mol. The molecular formula is C49H29N5. The normalized spacial score (nSPS) is 12.1. The van der Waals surface area contributed by atoms with Crippen LogP contribution in [0.25, 0.3) is 110 Å². The highest BCUT2D eigenvalue weighted by Crippen LogP contribution is 2.43. The van der Waals surface area contributed by atoms with Crippen LogP contribution in [0.5, 0.6) is 0 Å². The third-order valence-corrected chi connectivity index (χ3v) is 11.1. The van der Waals surface area contributed by atoms with Crippen LogP contribution in [0.3, 0.4) is 0 Å². The Kier molecular flexibility index (Phi) is 5.99. The van der Waals surface area contributed by atoms with Gasteiger partial charge in [-0.2, -0.15) is 0 Å². The zero-order chi connectivity index (χ0) is 35.3. The lowest BCUT2D eigenvalue weighted by molar-refractivity contribution is 1.07. The van der Waals surface area contributed by atoms with Gasteiger partial charge in [-0.1, -0.05) is 140 Å². The van der Waals surface area contributed by atoms with Crippen molar-refractivity contribution in [3.05, 3.63) is 176 Å². The maximum absolute atomic E-state index is 5.09. The van der Waals surface area contributed by atoms with E-state index in [0.29, 0.717) is 17.5 Å². The first kappa shape index (κ1) is 29.2. The van der Waals surface area contributed by atoms with Crippen molar-refractivity contribution in [3.63, 3.8) is 0 Å². The van der Waals surface area contributed by atoms with E-state index in [2.05, 4.69) is 148 Å². The van der Waals surface area contributed by atoms with Crippen LogP contribution >= 0.6 is 0 Å². The summed E-state index contributed by atoms with van der Waals surface area (Å²) >= 11 is 0. The minimum Gasteiger partial charge on any atom is -0.307 e. The summed E-state index contributed by atoms with van der Waals surface area (Å²) < 4.78 is 4.99. The topological polar surface area (TPSA) is 47.5 Å². The van der Waals surface area contributed by atoms with Crippen molar-refractivity contribution in [1.29, 1.82) is 0 Å². The van der Waals surface area contributed by atoms with Gasteiger partial charge < -0.3 is 8.80 Å². The predicted molar refractivity (Wildman–Crippen MR) is 223 cm³/mol. The molecule has 0 bridgehead atoms. The molecule has 0 saturated carbocycles. The molecule has 5 nitrogen and oxygen atoms in total. The number of aromatic nitrogens is 5. The fourth-order valence-electron chi connectivity index (χ4n) is 8.75. The molecule has 0 fully saturated rings. The third kappa shape index (κ3) is 4.06. The number of rotatable bonds is 3. The molecule has 0 aliphatic rings. The lowest BCUT2D eigenvalue weighted by Gasteiger charge is -2.12. The highest BCUT2D eigenvalue weighted by Gasteiger charge is 2.21. The number of fused-ring (bicyclic) bond motifs is 12. The van der Waals surface area contributed by atoms with Crippen molar-refractivity contribution in [1.82, 2.24) is 23.8 Å². The van der Waals surface area contributed by atoms with E-state index in [1.165, 1.54) is 59.8 Å². The summed E-state index contributed by atoms with van der Waals surface area (Å²) in [6, 6.07) is 62.6. The van der Waals surface area contributed by atoms with E-state index in [0.717, 1.165) is 33.1 Å². The van der Waals surface area contributed by atoms with Crippen molar-refractivity contribution in [2.24, 2.45) is 0 Å². The standard InChI is InChI=1S/C49H29N5/c1-3-14-30(15-4-1)47-50-48(31-16-5-2-6-17-31)52-49(51-47)33-26-27-42-39(28-33)37-23-13-22-36-35-20-9-11-24-40(35)53-41-25-12-10-21-38(41)44-34-19-8-7-18-32(34)29-43(46(44)53)54(42)45(36)37/h1-29H. The molecule has 0 spiro atoms. The lowest BCUT2D eigenvalue weighted by atomic mass is 10.0. The van der Waals surface area contributed by atoms with Crippen LogP contribution in [-0.4, -0.2) is 23.8 Å². The van der Waals surface area contributed by atoms with Gasteiger partial charge in [0.1, 0.15) is 0 Å². The molecule has 5 heteroatoms. The maximum atomic E-state index is 5.09. The fraction of sp³-hybridized carbons (Fsp3) is 0. The molecule has 0 amide bonds. The van der Waals surface area contributed by atoms with Crippen LogP contribution in [0.15, 0.2) is 176 Å². The van der Waals surface area contributed by atoms with Gasteiger partial charge in [0.15, 0.2) is 17.5 Å². The molecule has 0 unspecified atom stereocenters. The molecule has 12 rings (SSSR count). The second kappa shape index (κ2) is 11.1. The number of benzene rings is 8. The van der Waals surface area contributed by atoms with Crippen molar-refractivity contribution in [3.8, 4) is 34.2 Å².